The van der Waals surface area contributed by atoms with E-state index in [1.165, 1.54) is 32.2 Å². The summed E-state index contributed by atoms with van der Waals surface area (Å²) in [5.74, 6) is -0.228. The van der Waals surface area contributed by atoms with Crippen LogP contribution in [0.2, 0.25) is 0 Å². The molecule has 2 atom stereocenters. The number of piperidine rings is 1. The van der Waals surface area contributed by atoms with Gasteiger partial charge in [0.05, 0.1) is 6.04 Å². The molecule has 1 saturated heterocycles. The van der Waals surface area contributed by atoms with Crippen LogP contribution in [-0.2, 0) is 4.79 Å². The van der Waals surface area contributed by atoms with Gasteiger partial charge in [0.2, 0.25) is 5.91 Å². The first-order valence-electron chi connectivity index (χ1n) is 7.34. The summed E-state index contributed by atoms with van der Waals surface area (Å²) in [6.45, 7) is 8.50. The fourth-order valence-electron chi connectivity index (χ4n) is 2.82. The minimum Gasteiger partial charge on any atom is -0.368 e. The quantitative estimate of drug-likeness (QED) is 0.724. The summed E-state index contributed by atoms with van der Waals surface area (Å²) in [5, 5.41) is 3.25. The van der Waals surface area contributed by atoms with E-state index in [-0.39, 0.29) is 11.9 Å². The van der Waals surface area contributed by atoms with E-state index in [0.29, 0.717) is 12.1 Å². The predicted octanol–water partition coefficient (Wildman–Crippen LogP) is 1.49. The third-order valence-electron chi connectivity index (χ3n) is 3.80. The second-order valence-electron chi connectivity index (χ2n) is 5.66. The molecule has 2 unspecified atom stereocenters. The SMILES string of the molecule is CCC1CCCCN1CCC(NC(C)C)C(N)=O. The Morgan fingerprint density at radius 1 is 1.44 bits per heavy atom. The second kappa shape index (κ2) is 7.74. The fourth-order valence-corrected chi connectivity index (χ4v) is 2.82. The van der Waals surface area contributed by atoms with Crippen molar-refractivity contribution in [2.45, 2.75) is 71.0 Å². The number of carbonyl (C=O) groups is 1. The van der Waals surface area contributed by atoms with Gasteiger partial charge in [-0.15, -0.1) is 0 Å². The van der Waals surface area contributed by atoms with E-state index in [4.69, 9.17) is 5.73 Å². The van der Waals surface area contributed by atoms with Gasteiger partial charge in [-0.05, 0) is 32.2 Å². The topological polar surface area (TPSA) is 58.4 Å². The summed E-state index contributed by atoms with van der Waals surface area (Å²) in [6, 6.07) is 0.807. The molecule has 0 spiro atoms. The van der Waals surface area contributed by atoms with Crippen LogP contribution in [-0.4, -0.2) is 42.0 Å². The molecule has 0 saturated carbocycles. The van der Waals surface area contributed by atoms with Crippen molar-refractivity contribution in [3.05, 3.63) is 0 Å². The molecule has 0 aromatic rings. The van der Waals surface area contributed by atoms with Crippen LogP contribution in [0.5, 0.6) is 0 Å². The highest BCUT2D eigenvalue weighted by atomic mass is 16.1. The van der Waals surface area contributed by atoms with Gasteiger partial charge in [-0.3, -0.25) is 4.79 Å². The summed E-state index contributed by atoms with van der Waals surface area (Å²) in [5.41, 5.74) is 5.45. The van der Waals surface area contributed by atoms with Gasteiger partial charge in [0.1, 0.15) is 0 Å². The summed E-state index contributed by atoms with van der Waals surface area (Å²) in [6.07, 6.45) is 5.96. The number of rotatable bonds is 7. The van der Waals surface area contributed by atoms with E-state index >= 15 is 0 Å². The maximum atomic E-state index is 11.4. The lowest BCUT2D eigenvalue weighted by Gasteiger charge is -2.36. The molecule has 4 heteroatoms. The second-order valence-corrected chi connectivity index (χ2v) is 5.66. The van der Waals surface area contributed by atoms with Crippen LogP contribution in [0.1, 0.15) is 52.9 Å². The first kappa shape index (κ1) is 15.4. The van der Waals surface area contributed by atoms with Gasteiger partial charge in [-0.2, -0.15) is 0 Å². The molecule has 1 amide bonds. The van der Waals surface area contributed by atoms with Crippen LogP contribution in [0.15, 0.2) is 0 Å². The Hall–Kier alpha value is -0.610. The van der Waals surface area contributed by atoms with Crippen LogP contribution in [0.3, 0.4) is 0 Å². The van der Waals surface area contributed by atoms with Crippen molar-refractivity contribution in [3.8, 4) is 0 Å². The van der Waals surface area contributed by atoms with Crippen molar-refractivity contribution in [1.82, 2.24) is 10.2 Å². The largest absolute Gasteiger partial charge is 0.368 e. The monoisotopic (exact) mass is 255 g/mol. The zero-order chi connectivity index (χ0) is 13.5. The van der Waals surface area contributed by atoms with Gasteiger partial charge < -0.3 is 16.0 Å². The smallest absolute Gasteiger partial charge is 0.234 e. The molecular weight excluding hydrogens is 226 g/mol. The van der Waals surface area contributed by atoms with E-state index in [1.807, 2.05) is 13.8 Å². The van der Waals surface area contributed by atoms with Crippen molar-refractivity contribution in [3.63, 3.8) is 0 Å². The number of amides is 1. The first-order chi connectivity index (χ1) is 8.54. The predicted molar refractivity (Wildman–Crippen MR) is 75.4 cm³/mol. The Labute approximate surface area is 111 Å². The van der Waals surface area contributed by atoms with Gasteiger partial charge in [0.15, 0.2) is 0 Å². The number of carbonyl (C=O) groups excluding carboxylic acids is 1. The van der Waals surface area contributed by atoms with E-state index in [2.05, 4.69) is 17.1 Å². The summed E-state index contributed by atoms with van der Waals surface area (Å²) in [7, 11) is 0. The molecule has 18 heavy (non-hydrogen) atoms. The Balaban J connectivity index is 2.42. The molecule has 1 heterocycles. The average molecular weight is 255 g/mol. The zero-order valence-electron chi connectivity index (χ0n) is 12.1. The average Bonchev–Trinajstić information content (AvgIpc) is 2.34. The van der Waals surface area contributed by atoms with Crippen molar-refractivity contribution in [1.29, 1.82) is 0 Å². The number of nitrogens with two attached hydrogens (primary N) is 1. The van der Waals surface area contributed by atoms with Gasteiger partial charge in [-0.1, -0.05) is 27.2 Å². The fraction of sp³-hybridized carbons (Fsp3) is 0.929. The molecule has 0 aromatic heterocycles. The maximum Gasteiger partial charge on any atom is 0.234 e. The molecule has 0 bridgehead atoms. The zero-order valence-corrected chi connectivity index (χ0v) is 12.1. The van der Waals surface area contributed by atoms with Crippen LogP contribution >= 0.6 is 0 Å². The number of hydrogen-bond donors (Lipinski definition) is 2. The van der Waals surface area contributed by atoms with Crippen LogP contribution in [0, 0.1) is 0 Å². The third-order valence-corrected chi connectivity index (χ3v) is 3.80. The Kier molecular flexibility index (Phi) is 6.65. The van der Waals surface area contributed by atoms with Crippen LogP contribution in [0.25, 0.3) is 0 Å². The van der Waals surface area contributed by atoms with Gasteiger partial charge >= 0.3 is 0 Å². The molecule has 3 N–H and O–H groups in total. The number of likely N-dealkylation sites (tertiary alicyclic amines) is 1. The van der Waals surface area contributed by atoms with Gasteiger partial charge in [-0.25, -0.2) is 0 Å². The van der Waals surface area contributed by atoms with E-state index < -0.39 is 0 Å². The van der Waals surface area contributed by atoms with E-state index in [0.717, 1.165) is 13.0 Å². The van der Waals surface area contributed by atoms with Crippen LogP contribution in [0.4, 0.5) is 0 Å². The Morgan fingerprint density at radius 3 is 2.72 bits per heavy atom. The normalized spacial score (nSPS) is 23.2. The van der Waals surface area contributed by atoms with Crippen LogP contribution < -0.4 is 11.1 Å². The number of primary amides is 1. The highest BCUT2D eigenvalue weighted by molar-refractivity contribution is 5.79. The van der Waals surface area contributed by atoms with Crippen molar-refractivity contribution in [2.75, 3.05) is 13.1 Å². The molecular formula is C14H29N3O. The summed E-state index contributed by atoms with van der Waals surface area (Å²) < 4.78 is 0. The molecule has 1 fully saturated rings. The minimum atomic E-state index is -0.228. The van der Waals surface area contributed by atoms with Crippen molar-refractivity contribution < 1.29 is 4.79 Å². The van der Waals surface area contributed by atoms with Gasteiger partial charge in [0.25, 0.3) is 0 Å². The Bertz CT molecular complexity index is 255. The summed E-state index contributed by atoms with van der Waals surface area (Å²) in [4.78, 5) is 13.9. The summed E-state index contributed by atoms with van der Waals surface area (Å²) >= 11 is 0. The lowest BCUT2D eigenvalue weighted by molar-refractivity contribution is -0.120. The number of nitrogens with one attached hydrogen (secondary N) is 1. The van der Waals surface area contributed by atoms with E-state index in [9.17, 15) is 4.79 Å². The lowest BCUT2D eigenvalue weighted by Crippen LogP contribution is -2.48. The van der Waals surface area contributed by atoms with E-state index in [1.54, 1.807) is 0 Å². The number of nitrogens with zero attached hydrogens (tertiary/aromatic N) is 1. The molecule has 0 aromatic carbocycles. The molecule has 0 radical (unpaired) electrons. The van der Waals surface area contributed by atoms with Gasteiger partial charge in [0, 0.05) is 18.6 Å². The first-order valence-corrected chi connectivity index (χ1v) is 7.34. The molecule has 0 aliphatic carbocycles. The minimum absolute atomic E-state index is 0.190. The molecule has 106 valence electrons. The molecule has 1 aliphatic heterocycles. The standard InChI is InChI=1S/C14H29N3O/c1-4-12-7-5-6-9-17(12)10-8-13(14(15)18)16-11(2)3/h11-13,16H,4-10H2,1-3H3,(H2,15,18). The molecule has 4 nitrogen and oxygen atoms in total. The van der Waals surface area contributed by atoms with Crippen molar-refractivity contribution >= 4 is 5.91 Å². The lowest BCUT2D eigenvalue weighted by atomic mass is 9.99. The van der Waals surface area contributed by atoms with Crippen molar-refractivity contribution in [2.24, 2.45) is 5.73 Å². The molecule has 1 rings (SSSR count). The Morgan fingerprint density at radius 2 is 2.17 bits per heavy atom. The third kappa shape index (κ3) is 4.94. The highest BCUT2D eigenvalue weighted by Crippen LogP contribution is 2.19. The number of hydrogen-bond acceptors (Lipinski definition) is 3. The maximum absolute atomic E-state index is 11.4. The molecule has 1 aliphatic rings. The highest BCUT2D eigenvalue weighted by Gasteiger charge is 2.23.